The van der Waals surface area contributed by atoms with Crippen LogP contribution in [-0.2, 0) is 9.53 Å². The molecule has 0 bridgehead atoms. The van der Waals surface area contributed by atoms with Crippen LogP contribution in [0.5, 0.6) is 5.75 Å². The SMILES string of the molecule is CCCCCC1CCC(c2ccc(OCCCCCC3CC(C)(CC)C(=O)O3)cc2)CC1. The van der Waals surface area contributed by atoms with Gasteiger partial charge in [0.1, 0.15) is 11.9 Å². The van der Waals surface area contributed by atoms with Gasteiger partial charge in [-0.15, -0.1) is 0 Å². The van der Waals surface area contributed by atoms with Gasteiger partial charge in [-0.25, -0.2) is 0 Å². The minimum absolute atomic E-state index is 0.00296. The molecule has 1 saturated heterocycles. The van der Waals surface area contributed by atoms with E-state index in [9.17, 15) is 4.79 Å². The van der Waals surface area contributed by atoms with Crippen LogP contribution in [0.15, 0.2) is 24.3 Å². The molecule has 1 aliphatic heterocycles. The molecule has 0 aromatic heterocycles. The van der Waals surface area contributed by atoms with Crippen LogP contribution in [0.3, 0.4) is 0 Å². The summed E-state index contributed by atoms with van der Waals surface area (Å²) in [7, 11) is 0. The summed E-state index contributed by atoms with van der Waals surface area (Å²) in [6, 6.07) is 8.89. The fourth-order valence-corrected chi connectivity index (χ4v) is 5.52. The van der Waals surface area contributed by atoms with Crippen molar-refractivity contribution >= 4 is 5.97 Å². The Labute approximate surface area is 196 Å². The molecule has 2 unspecified atom stereocenters. The van der Waals surface area contributed by atoms with E-state index in [1.54, 1.807) is 0 Å². The standard InChI is InChI=1S/C29H46O3/c1-4-6-8-11-23-13-15-24(16-14-23)25-17-19-26(20-18-25)31-21-10-7-9-12-27-22-29(3,5-2)28(30)32-27/h17-20,23-24,27H,4-16,21-22H2,1-3H3. The van der Waals surface area contributed by atoms with Gasteiger partial charge in [0.15, 0.2) is 0 Å². The van der Waals surface area contributed by atoms with Crippen molar-refractivity contribution in [3.8, 4) is 5.75 Å². The molecule has 1 aromatic carbocycles. The summed E-state index contributed by atoms with van der Waals surface area (Å²) in [5.74, 6) is 2.70. The average Bonchev–Trinajstić information content (AvgIpc) is 3.11. The number of carbonyl (C=O) groups is 1. The van der Waals surface area contributed by atoms with Crippen molar-refractivity contribution in [1.29, 1.82) is 0 Å². The monoisotopic (exact) mass is 442 g/mol. The topological polar surface area (TPSA) is 35.5 Å². The molecule has 3 heteroatoms. The molecule has 1 heterocycles. The lowest BCUT2D eigenvalue weighted by Crippen LogP contribution is -2.20. The summed E-state index contributed by atoms with van der Waals surface area (Å²) in [5.41, 5.74) is 1.24. The van der Waals surface area contributed by atoms with Crippen LogP contribution in [0, 0.1) is 11.3 Å². The van der Waals surface area contributed by atoms with Gasteiger partial charge < -0.3 is 9.47 Å². The second-order valence-electron chi connectivity index (χ2n) is 10.6. The van der Waals surface area contributed by atoms with Crippen LogP contribution in [-0.4, -0.2) is 18.7 Å². The molecule has 1 aliphatic carbocycles. The third kappa shape index (κ3) is 7.25. The normalized spacial score (nSPS) is 28.0. The first-order valence-corrected chi connectivity index (χ1v) is 13.5. The zero-order valence-electron chi connectivity index (χ0n) is 20.9. The van der Waals surface area contributed by atoms with Crippen molar-refractivity contribution in [2.24, 2.45) is 11.3 Å². The quantitative estimate of drug-likeness (QED) is 0.228. The Morgan fingerprint density at radius 3 is 2.31 bits per heavy atom. The predicted octanol–water partition coefficient (Wildman–Crippen LogP) is 8.21. The number of ether oxygens (including phenoxy) is 2. The van der Waals surface area contributed by atoms with Crippen LogP contribution in [0.4, 0.5) is 0 Å². The van der Waals surface area contributed by atoms with E-state index in [-0.39, 0.29) is 17.5 Å². The molecule has 1 aromatic rings. The molecule has 2 atom stereocenters. The van der Waals surface area contributed by atoms with Crippen LogP contribution in [0.1, 0.15) is 122 Å². The van der Waals surface area contributed by atoms with E-state index in [4.69, 9.17) is 9.47 Å². The summed E-state index contributed by atoms with van der Waals surface area (Å²) in [5, 5.41) is 0. The van der Waals surface area contributed by atoms with E-state index >= 15 is 0 Å². The first kappa shape index (κ1) is 25.1. The summed E-state index contributed by atoms with van der Waals surface area (Å²) >= 11 is 0. The zero-order valence-corrected chi connectivity index (χ0v) is 20.9. The first-order chi connectivity index (χ1) is 15.5. The molecule has 3 nitrogen and oxygen atoms in total. The van der Waals surface area contributed by atoms with Gasteiger partial charge in [-0.1, -0.05) is 51.7 Å². The number of unbranched alkanes of at least 4 members (excludes halogenated alkanes) is 4. The van der Waals surface area contributed by atoms with Gasteiger partial charge >= 0.3 is 5.97 Å². The van der Waals surface area contributed by atoms with Crippen molar-refractivity contribution in [2.45, 2.75) is 123 Å². The molecule has 1 saturated carbocycles. The number of benzene rings is 1. The molecule has 2 aliphatic rings. The number of rotatable bonds is 13. The molecule has 3 rings (SSSR count). The zero-order chi connectivity index (χ0) is 22.8. The lowest BCUT2D eigenvalue weighted by Gasteiger charge is -2.29. The first-order valence-electron chi connectivity index (χ1n) is 13.5. The molecule has 0 spiro atoms. The Bertz CT molecular complexity index is 674. The fraction of sp³-hybridized carbons (Fsp3) is 0.759. The third-order valence-electron chi connectivity index (χ3n) is 8.08. The molecule has 0 radical (unpaired) electrons. The Hall–Kier alpha value is -1.51. The lowest BCUT2D eigenvalue weighted by molar-refractivity contribution is -0.148. The minimum atomic E-state index is -0.256. The summed E-state index contributed by atoms with van der Waals surface area (Å²) < 4.78 is 11.5. The Morgan fingerprint density at radius 2 is 1.66 bits per heavy atom. The minimum Gasteiger partial charge on any atom is -0.494 e. The average molecular weight is 443 g/mol. The molecule has 32 heavy (non-hydrogen) atoms. The third-order valence-corrected chi connectivity index (χ3v) is 8.08. The Morgan fingerprint density at radius 1 is 0.938 bits per heavy atom. The van der Waals surface area contributed by atoms with E-state index < -0.39 is 0 Å². The van der Waals surface area contributed by atoms with E-state index in [0.29, 0.717) is 0 Å². The van der Waals surface area contributed by atoms with E-state index in [2.05, 4.69) is 38.1 Å². The van der Waals surface area contributed by atoms with Gasteiger partial charge in [-0.05, 0) is 94.2 Å². The second kappa shape index (κ2) is 12.7. The number of carbonyl (C=O) groups excluding carboxylic acids is 1. The van der Waals surface area contributed by atoms with Crippen molar-refractivity contribution < 1.29 is 14.3 Å². The maximum atomic E-state index is 12.0. The van der Waals surface area contributed by atoms with Gasteiger partial charge in [-0.3, -0.25) is 4.79 Å². The van der Waals surface area contributed by atoms with Gasteiger partial charge in [0.25, 0.3) is 0 Å². The largest absolute Gasteiger partial charge is 0.494 e. The molecular formula is C29H46O3. The molecule has 0 amide bonds. The molecular weight excluding hydrogens is 396 g/mol. The van der Waals surface area contributed by atoms with E-state index in [1.807, 2.05) is 6.92 Å². The summed E-state index contributed by atoms with van der Waals surface area (Å²) in [6.45, 7) is 7.17. The van der Waals surface area contributed by atoms with Crippen molar-refractivity contribution in [2.75, 3.05) is 6.61 Å². The van der Waals surface area contributed by atoms with Crippen molar-refractivity contribution in [1.82, 2.24) is 0 Å². The summed E-state index contributed by atoms with van der Waals surface area (Å²) in [6.07, 6.45) is 17.2. The lowest BCUT2D eigenvalue weighted by atomic mass is 9.77. The fourth-order valence-electron chi connectivity index (χ4n) is 5.52. The molecule has 2 fully saturated rings. The highest BCUT2D eigenvalue weighted by Crippen LogP contribution is 2.39. The van der Waals surface area contributed by atoms with E-state index in [1.165, 1.54) is 56.9 Å². The number of cyclic esters (lactones) is 1. The highest BCUT2D eigenvalue weighted by Gasteiger charge is 2.43. The highest BCUT2D eigenvalue weighted by atomic mass is 16.6. The van der Waals surface area contributed by atoms with Crippen LogP contribution in [0.2, 0.25) is 0 Å². The van der Waals surface area contributed by atoms with Crippen LogP contribution < -0.4 is 4.74 Å². The Balaban J connectivity index is 1.27. The number of hydrogen-bond donors (Lipinski definition) is 0. The number of esters is 1. The summed E-state index contributed by atoms with van der Waals surface area (Å²) in [4.78, 5) is 12.0. The van der Waals surface area contributed by atoms with Gasteiger partial charge in [-0.2, -0.15) is 0 Å². The van der Waals surface area contributed by atoms with Gasteiger partial charge in [0.05, 0.1) is 12.0 Å². The predicted molar refractivity (Wildman–Crippen MR) is 132 cm³/mol. The maximum absolute atomic E-state index is 12.0. The Kier molecular flexibility index (Phi) is 9.93. The van der Waals surface area contributed by atoms with Crippen LogP contribution >= 0.6 is 0 Å². The molecule has 180 valence electrons. The second-order valence-corrected chi connectivity index (χ2v) is 10.6. The maximum Gasteiger partial charge on any atom is 0.312 e. The van der Waals surface area contributed by atoms with E-state index in [0.717, 1.165) is 62.7 Å². The van der Waals surface area contributed by atoms with Gasteiger partial charge in [0, 0.05) is 6.42 Å². The highest BCUT2D eigenvalue weighted by molar-refractivity contribution is 5.78. The van der Waals surface area contributed by atoms with Crippen molar-refractivity contribution in [3.63, 3.8) is 0 Å². The van der Waals surface area contributed by atoms with Crippen molar-refractivity contribution in [3.05, 3.63) is 29.8 Å². The number of hydrogen-bond acceptors (Lipinski definition) is 3. The molecule has 0 N–H and O–H groups in total. The smallest absolute Gasteiger partial charge is 0.312 e. The van der Waals surface area contributed by atoms with Gasteiger partial charge in [0.2, 0.25) is 0 Å². The van der Waals surface area contributed by atoms with Crippen LogP contribution in [0.25, 0.3) is 0 Å².